The molecule has 0 aliphatic rings. The number of nitrogens with one attached hydrogen (secondary N) is 1. The van der Waals surface area contributed by atoms with Gasteiger partial charge >= 0.3 is 0 Å². The van der Waals surface area contributed by atoms with Crippen LogP contribution in [0, 0.1) is 11.6 Å². The van der Waals surface area contributed by atoms with Crippen molar-refractivity contribution in [2.45, 2.75) is 0 Å². The predicted octanol–water partition coefficient (Wildman–Crippen LogP) is 4.35. The standard InChI is InChI=1S/C17H12F2N2O2S/c1-23-14-4-2-10(3-5-14)15-9-16(24-21-15)17(22)20-13-7-11(18)6-12(19)8-13/h2-9H,1H3,(H,20,22). The number of anilines is 1. The lowest BCUT2D eigenvalue weighted by Crippen LogP contribution is -2.10. The van der Waals surface area contributed by atoms with E-state index in [0.29, 0.717) is 10.6 Å². The van der Waals surface area contributed by atoms with Crippen LogP contribution in [0.2, 0.25) is 0 Å². The number of aromatic nitrogens is 1. The highest BCUT2D eigenvalue weighted by Crippen LogP contribution is 2.25. The minimum absolute atomic E-state index is 0.0527. The lowest BCUT2D eigenvalue weighted by molar-refractivity contribution is 0.103. The lowest BCUT2D eigenvalue weighted by Gasteiger charge is -2.03. The summed E-state index contributed by atoms with van der Waals surface area (Å²) in [4.78, 5) is 12.5. The number of amides is 1. The summed E-state index contributed by atoms with van der Waals surface area (Å²) in [6.45, 7) is 0. The van der Waals surface area contributed by atoms with Crippen LogP contribution < -0.4 is 10.1 Å². The van der Waals surface area contributed by atoms with Crippen molar-refractivity contribution in [2.75, 3.05) is 12.4 Å². The van der Waals surface area contributed by atoms with Gasteiger partial charge in [0.1, 0.15) is 22.3 Å². The van der Waals surface area contributed by atoms with Crippen LogP contribution >= 0.6 is 11.5 Å². The normalized spacial score (nSPS) is 10.5. The second-order valence-corrected chi connectivity index (χ2v) is 5.72. The first kappa shape index (κ1) is 16.1. The molecule has 1 N–H and O–H groups in total. The van der Waals surface area contributed by atoms with Gasteiger partial charge in [-0.25, -0.2) is 8.78 Å². The third-order valence-electron chi connectivity index (χ3n) is 3.24. The van der Waals surface area contributed by atoms with Crippen molar-refractivity contribution in [1.82, 2.24) is 4.37 Å². The van der Waals surface area contributed by atoms with Crippen molar-refractivity contribution in [3.8, 4) is 17.0 Å². The monoisotopic (exact) mass is 346 g/mol. The molecule has 0 atom stereocenters. The van der Waals surface area contributed by atoms with Gasteiger partial charge in [-0.1, -0.05) is 0 Å². The van der Waals surface area contributed by atoms with Crippen molar-refractivity contribution in [3.05, 3.63) is 65.0 Å². The summed E-state index contributed by atoms with van der Waals surface area (Å²) in [5, 5.41) is 2.45. The van der Waals surface area contributed by atoms with E-state index in [9.17, 15) is 13.6 Å². The number of halogens is 2. The molecule has 0 saturated heterocycles. The van der Waals surface area contributed by atoms with E-state index in [1.807, 2.05) is 12.1 Å². The smallest absolute Gasteiger partial charge is 0.267 e. The van der Waals surface area contributed by atoms with Crippen molar-refractivity contribution >= 4 is 23.1 Å². The third kappa shape index (κ3) is 3.57. The van der Waals surface area contributed by atoms with Crippen LogP contribution in [0.3, 0.4) is 0 Å². The summed E-state index contributed by atoms with van der Waals surface area (Å²) in [5.74, 6) is -1.26. The minimum Gasteiger partial charge on any atom is -0.497 e. The van der Waals surface area contributed by atoms with Gasteiger partial charge in [0.05, 0.1) is 12.8 Å². The van der Waals surface area contributed by atoms with Crippen molar-refractivity contribution in [3.63, 3.8) is 0 Å². The van der Waals surface area contributed by atoms with E-state index in [1.165, 1.54) is 0 Å². The number of hydrogen-bond acceptors (Lipinski definition) is 4. The molecule has 0 aliphatic heterocycles. The molecule has 4 nitrogen and oxygen atoms in total. The second-order valence-electron chi connectivity index (χ2n) is 4.92. The number of nitrogens with zero attached hydrogens (tertiary/aromatic N) is 1. The molecular weight excluding hydrogens is 334 g/mol. The van der Waals surface area contributed by atoms with E-state index < -0.39 is 17.5 Å². The first-order valence-corrected chi connectivity index (χ1v) is 7.71. The largest absolute Gasteiger partial charge is 0.497 e. The van der Waals surface area contributed by atoms with Crippen LogP contribution in [0.5, 0.6) is 5.75 Å². The third-order valence-corrected chi connectivity index (χ3v) is 4.03. The van der Waals surface area contributed by atoms with E-state index in [4.69, 9.17) is 4.74 Å². The Hall–Kier alpha value is -2.80. The van der Waals surface area contributed by atoms with Gasteiger partial charge in [-0.15, -0.1) is 0 Å². The number of hydrogen-bond donors (Lipinski definition) is 1. The summed E-state index contributed by atoms with van der Waals surface area (Å²) in [5.41, 5.74) is 1.53. The molecule has 0 bridgehead atoms. The number of carbonyl (C=O) groups is 1. The predicted molar refractivity (Wildman–Crippen MR) is 88.4 cm³/mol. The Labute approximate surface area is 140 Å². The van der Waals surface area contributed by atoms with E-state index in [-0.39, 0.29) is 5.69 Å². The molecule has 0 fully saturated rings. The quantitative estimate of drug-likeness (QED) is 0.764. The number of carbonyl (C=O) groups excluding carboxylic acids is 1. The molecule has 1 aromatic heterocycles. The Morgan fingerprint density at radius 3 is 2.38 bits per heavy atom. The molecule has 2 aromatic carbocycles. The molecule has 1 amide bonds. The lowest BCUT2D eigenvalue weighted by atomic mass is 10.1. The highest BCUT2D eigenvalue weighted by molar-refractivity contribution is 7.08. The first-order chi connectivity index (χ1) is 11.5. The first-order valence-electron chi connectivity index (χ1n) is 6.94. The zero-order valence-electron chi connectivity index (χ0n) is 12.5. The van der Waals surface area contributed by atoms with Crippen LogP contribution in [0.25, 0.3) is 11.3 Å². The number of ether oxygens (including phenoxy) is 1. The maximum atomic E-state index is 13.2. The molecular formula is C17H12F2N2O2S. The Bertz CT molecular complexity index is 858. The topological polar surface area (TPSA) is 51.2 Å². The Kier molecular flexibility index (Phi) is 4.52. The van der Waals surface area contributed by atoms with E-state index in [2.05, 4.69) is 9.69 Å². The number of rotatable bonds is 4. The summed E-state index contributed by atoms with van der Waals surface area (Å²) in [6.07, 6.45) is 0. The molecule has 24 heavy (non-hydrogen) atoms. The molecule has 7 heteroatoms. The van der Waals surface area contributed by atoms with Gasteiger partial charge in [-0.2, -0.15) is 4.37 Å². The summed E-state index contributed by atoms with van der Waals surface area (Å²) < 4.78 is 35.6. The molecule has 0 spiro atoms. The summed E-state index contributed by atoms with van der Waals surface area (Å²) >= 11 is 1.01. The van der Waals surface area contributed by atoms with Crippen LogP contribution in [-0.4, -0.2) is 17.4 Å². The maximum Gasteiger partial charge on any atom is 0.267 e. The van der Waals surface area contributed by atoms with Crippen LogP contribution in [0.1, 0.15) is 9.67 Å². The zero-order valence-corrected chi connectivity index (χ0v) is 13.4. The number of benzene rings is 2. The van der Waals surface area contributed by atoms with E-state index >= 15 is 0 Å². The summed E-state index contributed by atoms with van der Waals surface area (Å²) in [6, 6.07) is 11.7. The fourth-order valence-electron chi connectivity index (χ4n) is 2.10. The molecule has 0 saturated carbocycles. The van der Waals surface area contributed by atoms with E-state index in [0.717, 1.165) is 41.0 Å². The van der Waals surface area contributed by atoms with Crippen LogP contribution in [-0.2, 0) is 0 Å². The maximum absolute atomic E-state index is 13.2. The number of methoxy groups -OCH3 is 1. The zero-order chi connectivity index (χ0) is 17.1. The fourth-order valence-corrected chi connectivity index (χ4v) is 2.75. The van der Waals surface area contributed by atoms with Crippen molar-refractivity contribution in [1.29, 1.82) is 0 Å². The molecule has 1 heterocycles. The average Bonchev–Trinajstić information content (AvgIpc) is 3.04. The van der Waals surface area contributed by atoms with Crippen molar-refractivity contribution < 1.29 is 18.3 Å². The molecule has 3 aromatic rings. The Morgan fingerprint density at radius 1 is 1.08 bits per heavy atom. The van der Waals surface area contributed by atoms with Gasteiger partial charge in [0, 0.05) is 17.3 Å². The molecule has 0 unspecified atom stereocenters. The molecule has 122 valence electrons. The fraction of sp³-hybridized carbons (Fsp3) is 0.0588. The second kappa shape index (κ2) is 6.76. The Balaban J connectivity index is 1.77. The van der Waals surface area contributed by atoms with Gasteiger partial charge in [0.2, 0.25) is 0 Å². The van der Waals surface area contributed by atoms with Gasteiger partial charge in [0.15, 0.2) is 0 Å². The van der Waals surface area contributed by atoms with Crippen LogP contribution in [0.4, 0.5) is 14.5 Å². The molecule has 0 aliphatic carbocycles. The molecule has 3 rings (SSSR count). The van der Waals surface area contributed by atoms with Crippen LogP contribution in [0.15, 0.2) is 48.5 Å². The van der Waals surface area contributed by atoms with E-state index in [1.54, 1.807) is 25.3 Å². The SMILES string of the molecule is COc1ccc(-c2cc(C(=O)Nc3cc(F)cc(F)c3)sn2)cc1. The Morgan fingerprint density at radius 2 is 1.75 bits per heavy atom. The van der Waals surface area contributed by atoms with Gasteiger partial charge in [-0.3, -0.25) is 4.79 Å². The van der Waals surface area contributed by atoms with Gasteiger partial charge in [0.25, 0.3) is 5.91 Å². The average molecular weight is 346 g/mol. The van der Waals surface area contributed by atoms with Gasteiger partial charge < -0.3 is 10.1 Å². The molecule has 0 radical (unpaired) electrons. The minimum atomic E-state index is -0.756. The highest BCUT2D eigenvalue weighted by Gasteiger charge is 2.13. The summed E-state index contributed by atoms with van der Waals surface area (Å²) in [7, 11) is 1.58. The van der Waals surface area contributed by atoms with Crippen molar-refractivity contribution in [2.24, 2.45) is 0 Å². The van der Waals surface area contributed by atoms with Gasteiger partial charge in [-0.05, 0) is 54.0 Å². The highest BCUT2D eigenvalue weighted by atomic mass is 32.1.